The minimum Gasteiger partial charge on any atom is -0.369 e. The van der Waals surface area contributed by atoms with Gasteiger partial charge in [-0.05, 0) is 50.1 Å². The molecule has 0 aliphatic carbocycles. The molecule has 1 aromatic carbocycles. The fourth-order valence-electron chi connectivity index (χ4n) is 3.20. The number of benzene rings is 1. The SMILES string of the molecule is CCC(CC)C(=O)Nc1ccc(N2CCN(CC)CC2)cc1C. The molecule has 0 aromatic heterocycles. The number of anilines is 2. The van der Waals surface area contributed by atoms with Gasteiger partial charge >= 0.3 is 0 Å². The first-order chi connectivity index (χ1) is 11.1. The molecule has 1 heterocycles. The van der Waals surface area contributed by atoms with Crippen LogP contribution in [0.5, 0.6) is 0 Å². The van der Waals surface area contributed by atoms with Crippen LogP contribution in [0.3, 0.4) is 0 Å². The van der Waals surface area contributed by atoms with Crippen molar-refractivity contribution in [1.82, 2.24) is 4.90 Å². The maximum Gasteiger partial charge on any atom is 0.227 e. The van der Waals surface area contributed by atoms with E-state index in [9.17, 15) is 4.79 Å². The Kier molecular flexibility index (Phi) is 6.46. The van der Waals surface area contributed by atoms with E-state index in [1.807, 2.05) is 0 Å². The number of aryl methyl sites for hydroxylation is 1. The van der Waals surface area contributed by atoms with Crippen molar-refractivity contribution < 1.29 is 4.79 Å². The number of piperazine rings is 1. The van der Waals surface area contributed by atoms with Gasteiger partial charge in [0.2, 0.25) is 5.91 Å². The Labute approximate surface area is 140 Å². The quantitative estimate of drug-likeness (QED) is 0.872. The summed E-state index contributed by atoms with van der Waals surface area (Å²) < 4.78 is 0. The van der Waals surface area contributed by atoms with Gasteiger partial charge in [0.25, 0.3) is 0 Å². The second-order valence-electron chi connectivity index (χ2n) is 6.42. The Balaban J connectivity index is 2.02. The number of nitrogens with one attached hydrogen (secondary N) is 1. The Morgan fingerprint density at radius 1 is 1.13 bits per heavy atom. The second-order valence-corrected chi connectivity index (χ2v) is 6.42. The van der Waals surface area contributed by atoms with E-state index in [0.717, 1.165) is 56.8 Å². The standard InChI is InChI=1S/C19H31N3O/c1-5-16(6-2)19(23)20-18-9-8-17(14-15(18)4)22-12-10-21(7-3)11-13-22/h8-9,14,16H,5-7,10-13H2,1-4H3,(H,20,23). The van der Waals surface area contributed by atoms with Gasteiger partial charge in [-0.1, -0.05) is 20.8 Å². The number of amides is 1. The van der Waals surface area contributed by atoms with Crippen LogP contribution in [0.25, 0.3) is 0 Å². The van der Waals surface area contributed by atoms with Crippen molar-refractivity contribution in [3.05, 3.63) is 23.8 Å². The van der Waals surface area contributed by atoms with Gasteiger partial charge in [-0.25, -0.2) is 0 Å². The monoisotopic (exact) mass is 317 g/mol. The molecule has 1 saturated heterocycles. The van der Waals surface area contributed by atoms with Crippen molar-refractivity contribution in [2.75, 3.05) is 42.9 Å². The zero-order valence-electron chi connectivity index (χ0n) is 15.1. The molecular formula is C19H31N3O. The number of rotatable bonds is 6. The smallest absolute Gasteiger partial charge is 0.227 e. The molecule has 4 heteroatoms. The fraction of sp³-hybridized carbons (Fsp3) is 0.632. The van der Waals surface area contributed by atoms with Gasteiger partial charge in [0.1, 0.15) is 0 Å². The van der Waals surface area contributed by atoms with E-state index >= 15 is 0 Å². The highest BCUT2D eigenvalue weighted by Gasteiger charge is 2.18. The van der Waals surface area contributed by atoms with E-state index < -0.39 is 0 Å². The minimum absolute atomic E-state index is 0.108. The maximum atomic E-state index is 12.3. The first-order valence-corrected chi connectivity index (χ1v) is 8.97. The molecule has 0 atom stereocenters. The van der Waals surface area contributed by atoms with Gasteiger partial charge in [-0.3, -0.25) is 4.79 Å². The molecule has 1 aliphatic rings. The Hall–Kier alpha value is -1.55. The normalized spacial score (nSPS) is 16.0. The van der Waals surface area contributed by atoms with Crippen LogP contribution in [0.15, 0.2) is 18.2 Å². The summed E-state index contributed by atoms with van der Waals surface area (Å²) in [6.45, 7) is 14.0. The van der Waals surface area contributed by atoms with Crippen LogP contribution in [0, 0.1) is 12.8 Å². The third-order valence-electron chi connectivity index (χ3n) is 5.01. The average molecular weight is 317 g/mol. The molecule has 128 valence electrons. The van der Waals surface area contributed by atoms with Crippen molar-refractivity contribution in [2.45, 2.75) is 40.5 Å². The van der Waals surface area contributed by atoms with Crippen molar-refractivity contribution in [2.24, 2.45) is 5.92 Å². The molecule has 0 radical (unpaired) electrons. The molecule has 0 unspecified atom stereocenters. The zero-order chi connectivity index (χ0) is 16.8. The molecule has 1 N–H and O–H groups in total. The lowest BCUT2D eigenvalue weighted by molar-refractivity contribution is -0.120. The average Bonchev–Trinajstić information content (AvgIpc) is 2.58. The van der Waals surface area contributed by atoms with Gasteiger partial charge in [-0.2, -0.15) is 0 Å². The summed E-state index contributed by atoms with van der Waals surface area (Å²) in [5.74, 6) is 0.249. The Morgan fingerprint density at radius 2 is 1.78 bits per heavy atom. The van der Waals surface area contributed by atoms with Gasteiger partial charge in [0.15, 0.2) is 0 Å². The molecule has 0 bridgehead atoms. The minimum atomic E-state index is 0.108. The zero-order valence-corrected chi connectivity index (χ0v) is 15.1. The van der Waals surface area contributed by atoms with E-state index in [1.54, 1.807) is 0 Å². The van der Waals surface area contributed by atoms with Crippen LogP contribution in [-0.2, 0) is 4.79 Å². The lowest BCUT2D eigenvalue weighted by atomic mass is 10.0. The molecule has 1 amide bonds. The van der Waals surface area contributed by atoms with Gasteiger partial charge in [0.05, 0.1) is 0 Å². The van der Waals surface area contributed by atoms with Crippen LogP contribution < -0.4 is 10.2 Å². The highest BCUT2D eigenvalue weighted by Crippen LogP contribution is 2.24. The number of carbonyl (C=O) groups is 1. The van der Waals surface area contributed by atoms with Gasteiger partial charge < -0.3 is 15.1 Å². The largest absolute Gasteiger partial charge is 0.369 e. The molecule has 0 saturated carbocycles. The highest BCUT2D eigenvalue weighted by atomic mass is 16.1. The van der Waals surface area contributed by atoms with Crippen LogP contribution in [0.4, 0.5) is 11.4 Å². The predicted octanol–water partition coefficient (Wildman–Crippen LogP) is 3.51. The van der Waals surface area contributed by atoms with E-state index in [2.05, 4.69) is 61.0 Å². The summed E-state index contributed by atoms with van der Waals surface area (Å²) in [7, 11) is 0. The third-order valence-corrected chi connectivity index (χ3v) is 5.01. The first kappa shape index (κ1) is 17.8. The van der Waals surface area contributed by atoms with E-state index in [4.69, 9.17) is 0 Å². The number of carbonyl (C=O) groups excluding carboxylic acids is 1. The van der Waals surface area contributed by atoms with Crippen molar-refractivity contribution in [3.63, 3.8) is 0 Å². The van der Waals surface area contributed by atoms with Gasteiger partial charge in [0, 0.05) is 43.5 Å². The van der Waals surface area contributed by atoms with E-state index in [0.29, 0.717) is 0 Å². The number of nitrogens with zero attached hydrogens (tertiary/aromatic N) is 2. The van der Waals surface area contributed by atoms with Crippen molar-refractivity contribution in [1.29, 1.82) is 0 Å². The third kappa shape index (κ3) is 4.47. The molecule has 2 rings (SSSR count). The van der Waals surface area contributed by atoms with Crippen LogP contribution in [0.1, 0.15) is 39.2 Å². The summed E-state index contributed by atoms with van der Waals surface area (Å²) in [5.41, 5.74) is 3.34. The molecule has 4 nitrogen and oxygen atoms in total. The van der Waals surface area contributed by atoms with E-state index in [1.165, 1.54) is 5.69 Å². The molecule has 1 aromatic rings. The van der Waals surface area contributed by atoms with Crippen molar-refractivity contribution in [3.8, 4) is 0 Å². The summed E-state index contributed by atoms with van der Waals surface area (Å²) in [6, 6.07) is 6.39. The summed E-state index contributed by atoms with van der Waals surface area (Å²) in [4.78, 5) is 17.2. The number of hydrogen-bond donors (Lipinski definition) is 1. The van der Waals surface area contributed by atoms with Crippen LogP contribution >= 0.6 is 0 Å². The van der Waals surface area contributed by atoms with Crippen LogP contribution in [-0.4, -0.2) is 43.5 Å². The maximum absolute atomic E-state index is 12.3. The molecule has 1 fully saturated rings. The fourth-order valence-corrected chi connectivity index (χ4v) is 3.20. The summed E-state index contributed by atoms with van der Waals surface area (Å²) in [6.07, 6.45) is 1.78. The van der Waals surface area contributed by atoms with E-state index in [-0.39, 0.29) is 11.8 Å². The molecular weight excluding hydrogens is 286 g/mol. The van der Waals surface area contributed by atoms with Crippen LogP contribution in [0.2, 0.25) is 0 Å². The highest BCUT2D eigenvalue weighted by molar-refractivity contribution is 5.93. The van der Waals surface area contributed by atoms with Crippen molar-refractivity contribution >= 4 is 17.3 Å². The number of likely N-dealkylation sites (N-methyl/N-ethyl adjacent to an activating group) is 1. The summed E-state index contributed by atoms with van der Waals surface area (Å²) >= 11 is 0. The second kappa shape index (κ2) is 8.34. The Bertz CT molecular complexity index is 517. The molecule has 23 heavy (non-hydrogen) atoms. The summed E-state index contributed by atoms with van der Waals surface area (Å²) in [5, 5.41) is 3.09. The lowest BCUT2D eigenvalue weighted by Crippen LogP contribution is -2.46. The molecule has 0 spiro atoms. The number of hydrogen-bond acceptors (Lipinski definition) is 3. The topological polar surface area (TPSA) is 35.6 Å². The first-order valence-electron chi connectivity index (χ1n) is 8.97. The molecule has 1 aliphatic heterocycles. The van der Waals surface area contributed by atoms with Gasteiger partial charge in [-0.15, -0.1) is 0 Å². The lowest BCUT2D eigenvalue weighted by Gasteiger charge is -2.35. The predicted molar refractivity (Wildman–Crippen MR) is 98.2 cm³/mol. The Morgan fingerprint density at radius 3 is 2.30 bits per heavy atom.